The van der Waals surface area contributed by atoms with Gasteiger partial charge in [-0.3, -0.25) is 0 Å². The molecule has 1 nitrogen and oxygen atoms in total. The smallest absolute Gasteiger partial charge is 0.123 e. The van der Waals surface area contributed by atoms with Crippen LogP contribution in [-0.4, -0.2) is 7.11 Å². The van der Waals surface area contributed by atoms with E-state index in [-0.39, 0.29) is 0 Å². The molecule has 0 bridgehead atoms. The Balaban J connectivity index is 2.33. The Morgan fingerprint density at radius 1 is 1.39 bits per heavy atom. The third kappa shape index (κ3) is 2.59. The minimum Gasteiger partial charge on any atom is -0.496 e. The van der Waals surface area contributed by atoms with Crippen molar-refractivity contribution in [1.82, 2.24) is 0 Å². The Morgan fingerprint density at radius 2 is 2.11 bits per heavy atom. The van der Waals surface area contributed by atoms with E-state index >= 15 is 0 Å². The van der Waals surface area contributed by atoms with Crippen LogP contribution in [0.5, 0.6) is 5.75 Å². The first kappa shape index (κ1) is 13.9. The van der Waals surface area contributed by atoms with Crippen molar-refractivity contribution in [3.05, 3.63) is 29.3 Å². The summed E-state index contributed by atoms with van der Waals surface area (Å²) in [6.45, 7) is 6.92. The van der Waals surface area contributed by atoms with E-state index in [9.17, 15) is 0 Å². The molecule has 2 heteroatoms. The highest BCUT2D eigenvalue weighted by Crippen LogP contribution is 2.53. The molecule has 100 valence electrons. The summed E-state index contributed by atoms with van der Waals surface area (Å²) < 4.78 is 5.52. The Bertz CT molecular complexity index is 425. The van der Waals surface area contributed by atoms with Crippen molar-refractivity contribution in [3.63, 3.8) is 0 Å². The molecular weight excluding hydrogens is 288 g/mol. The van der Waals surface area contributed by atoms with Gasteiger partial charge >= 0.3 is 0 Å². The van der Waals surface area contributed by atoms with Gasteiger partial charge in [0, 0.05) is 10.4 Å². The van der Waals surface area contributed by atoms with E-state index in [2.05, 4.69) is 54.9 Å². The van der Waals surface area contributed by atoms with E-state index < -0.39 is 0 Å². The van der Waals surface area contributed by atoms with Crippen molar-refractivity contribution in [2.45, 2.75) is 44.9 Å². The maximum Gasteiger partial charge on any atom is 0.123 e. The van der Waals surface area contributed by atoms with Crippen LogP contribution in [0.15, 0.2) is 18.2 Å². The highest BCUT2D eigenvalue weighted by molar-refractivity contribution is 9.09. The summed E-state index contributed by atoms with van der Waals surface area (Å²) in [5.41, 5.74) is 3.02. The lowest BCUT2D eigenvalue weighted by Crippen LogP contribution is -2.21. The van der Waals surface area contributed by atoms with E-state index in [1.807, 2.05) is 0 Å². The summed E-state index contributed by atoms with van der Waals surface area (Å²) in [6.07, 6.45) is 3.97. The van der Waals surface area contributed by atoms with Gasteiger partial charge in [-0.15, -0.1) is 0 Å². The van der Waals surface area contributed by atoms with E-state index in [0.29, 0.717) is 16.2 Å². The molecule has 0 saturated heterocycles. The second-order valence-electron chi connectivity index (χ2n) is 6.13. The summed E-state index contributed by atoms with van der Waals surface area (Å²) in [5, 5.41) is 0. The maximum absolute atomic E-state index is 5.52. The van der Waals surface area contributed by atoms with Crippen LogP contribution in [0.4, 0.5) is 0 Å². The molecule has 18 heavy (non-hydrogen) atoms. The van der Waals surface area contributed by atoms with Crippen molar-refractivity contribution in [1.29, 1.82) is 0 Å². The minimum atomic E-state index is 0.393. The van der Waals surface area contributed by atoms with Crippen molar-refractivity contribution in [3.8, 4) is 5.75 Å². The molecule has 2 unspecified atom stereocenters. The molecule has 2 rings (SSSR count). The highest BCUT2D eigenvalue weighted by atomic mass is 79.9. The maximum atomic E-state index is 5.52. The fourth-order valence-electron chi connectivity index (χ4n) is 3.18. The average Bonchev–Trinajstić information content (AvgIpc) is 2.68. The van der Waals surface area contributed by atoms with E-state index in [1.54, 1.807) is 7.11 Å². The quantitative estimate of drug-likeness (QED) is 0.691. The van der Waals surface area contributed by atoms with Crippen LogP contribution in [0.2, 0.25) is 0 Å². The van der Waals surface area contributed by atoms with E-state index in [0.717, 1.165) is 5.75 Å². The molecule has 1 saturated carbocycles. The fraction of sp³-hybridized carbons (Fsp3) is 0.625. The molecule has 1 aromatic rings. The SMILES string of the molecule is COc1ccc(C)cc1C(Br)C1CCCC1(C)C. The van der Waals surface area contributed by atoms with Gasteiger partial charge in [-0.1, -0.05) is 53.9 Å². The van der Waals surface area contributed by atoms with Crippen LogP contribution < -0.4 is 4.74 Å². The number of ether oxygens (including phenoxy) is 1. The van der Waals surface area contributed by atoms with Crippen molar-refractivity contribution >= 4 is 15.9 Å². The van der Waals surface area contributed by atoms with Crippen LogP contribution in [0.3, 0.4) is 0 Å². The Hall–Kier alpha value is -0.500. The summed E-state index contributed by atoms with van der Waals surface area (Å²) in [7, 11) is 1.76. The normalized spacial score (nSPS) is 23.9. The molecule has 0 aliphatic heterocycles. The lowest BCUT2D eigenvalue weighted by molar-refractivity contribution is 0.254. The highest BCUT2D eigenvalue weighted by Gasteiger charge is 2.39. The zero-order valence-electron chi connectivity index (χ0n) is 11.8. The molecule has 0 N–H and O–H groups in total. The molecule has 1 aliphatic rings. The molecule has 1 aromatic carbocycles. The van der Waals surface area contributed by atoms with Crippen LogP contribution >= 0.6 is 15.9 Å². The lowest BCUT2D eigenvalue weighted by Gasteiger charge is -2.32. The summed E-state index contributed by atoms with van der Waals surface area (Å²) >= 11 is 3.93. The Morgan fingerprint density at radius 3 is 2.67 bits per heavy atom. The zero-order valence-corrected chi connectivity index (χ0v) is 13.4. The monoisotopic (exact) mass is 310 g/mol. The van der Waals surface area contributed by atoms with Gasteiger partial charge in [0.05, 0.1) is 7.11 Å². The molecule has 2 atom stereocenters. The van der Waals surface area contributed by atoms with Gasteiger partial charge in [0.1, 0.15) is 5.75 Å². The lowest BCUT2D eigenvalue weighted by atomic mass is 9.78. The molecule has 1 aliphatic carbocycles. The predicted molar refractivity (Wildman–Crippen MR) is 80.5 cm³/mol. The van der Waals surface area contributed by atoms with Gasteiger partial charge in [0.15, 0.2) is 0 Å². The number of aryl methyl sites for hydroxylation is 1. The third-order valence-corrected chi connectivity index (χ3v) is 5.51. The zero-order chi connectivity index (χ0) is 13.3. The fourth-order valence-corrected chi connectivity index (χ4v) is 4.52. The predicted octanol–water partition coefficient (Wildman–Crippen LogP) is 5.27. The van der Waals surface area contributed by atoms with Gasteiger partial charge in [-0.2, -0.15) is 0 Å². The standard InChI is InChI=1S/C16H23BrO/c1-11-7-8-14(18-4)12(10-11)15(17)13-6-5-9-16(13,2)3/h7-8,10,13,15H,5-6,9H2,1-4H3. The number of hydrogen-bond donors (Lipinski definition) is 0. The van der Waals surface area contributed by atoms with Crippen molar-refractivity contribution in [2.75, 3.05) is 7.11 Å². The molecule has 1 fully saturated rings. The van der Waals surface area contributed by atoms with Gasteiger partial charge in [-0.25, -0.2) is 0 Å². The number of halogens is 1. The number of methoxy groups -OCH3 is 1. The average molecular weight is 311 g/mol. The molecule has 0 radical (unpaired) electrons. The van der Waals surface area contributed by atoms with Crippen LogP contribution in [-0.2, 0) is 0 Å². The first-order valence-corrected chi connectivity index (χ1v) is 7.66. The summed E-state index contributed by atoms with van der Waals surface area (Å²) in [6, 6.07) is 6.45. The van der Waals surface area contributed by atoms with Crippen LogP contribution in [0.25, 0.3) is 0 Å². The molecule has 0 aromatic heterocycles. The summed E-state index contributed by atoms with van der Waals surface area (Å²) in [4.78, 5) is 0.393. The first-order chi connectivity index (χ1) is 8.45. The topological polar surface area (TPSA) is 9.23 Å². The minimum absolute atomic E-state index is 0.393. The Labute approximate surface area is 119 Å². The van der Waals surface area contributed by atoms with Gasteiger partial charge in [0.2, 0.25) is 0 Å². The second kappa shape index (κ2) is 5.24. The van der Waals surface area contributed by atoms with Gasteiger partial charge in [0.25, 0.3) is 0 Å². The van der Waals surface area contributed by atoms with E-state index in [4.69, 9.17) is 4.74 Å². The third-order valence-electron chi connectivity index (χ3n) is 4.38. The largest absolute Gasteiger partial charge is 0.496 e. The van der Waals surface area contributed by atoms with Crippen LogP contribution in [0.1, 0.15) is 49.1 Å². The first-order valence-electron chi connectivity index (χ1n) is 6.74. The molecule has 0 spiro atoms. The second-order valence-corrected chi connectivity index (χ2v) is 7.12. The van der Waals surface area contributed by atoms with Crippen molar-refractivity contribution in [2.24, 2.45) is 11.3 Å². The number of alkyl halides is 1. The van der Waals surface area contributed by atoms with Crippen LogP contribution in [0, 0.1) is 18.3 Å². The summed E-state index contributed by atoms with van der Waals surface area (Å²) in [5.74, 6) is 1.69. The number of benzene rings is 1. The number of rotatable bonds is 3. The van der Waals surface area contributed by atoms with Crippen molar-refractivity contribution < 1.29 is 4.74 Å². The Kier molecular flexibility index (Phi) is 4.05. The molecule has 0 amide bonds. The van der Waals surface area contributed by atoms with Gasteiger partial charge < -0.3 is 4.74 Å². The number of hydrogen-bond acceptors (Lipinski definition) is 1. The molecular formula is C16H23BrO. The van der Waals surface area contributed by atoms with Gasteiger partial charge in [-0.05, 0) is 37.2 Å². The molecule has 0 heterocycles. The van der Waals surface area contributed by atoms with E-state index in [1.165, 1.54) is 30.4 Å².